The van der Waals surface area contributed by atoms with Gasteiger partial charge in [-0.2, -0.15) is 0 Å². The monoisotopic (exact) mass is 430 g/mol. The van der Waals surface area contributed by atoms with Crippen molar-refractivity contribution in [3.8, 4) is 0 Å². The van der Waals surface area contributed by atoms with Crippen molar-refractivity contribution >= 4 is 23.3 Å². The first-order valence-electron chi connectivity index (χ1n) is 10.1. The molecule has 2 heterocycles. The van der Waals surface area contributed by atoms with Crippen LogP contribution in [0.25, 0.3) is 0 Å². The maximum Gasteiger partial charge on any atom is 0.336 e. The average molecular weight is 430 g/mol. The molecule has 0 aliphatic carbocycles. The maximum atomic E-state index is 13.1. The van der Waals surface area contributed by atoms with Gasteiger partial charge in [-0.25, -0.2) is 4.79 Å². The normalized spacial score (nSPS) is 22.1. The molecule has 2 aliphatic heterocycles. The van der Waals surface area contributed by atoms with Crippen molar-refractivity contribution in [1.29, 1.82) is 0 Å². The van der Waals surface area contributed by atoms with E-state index in [9.17, 15) is 19.7 Å². The fourth-order valence-corrected chi connectivity index (χ4v) is 4.09. The molecule has 2 unspecified atom stereocenters. The molecule has 0 radical (unpaired) electrons. The van der Waals surface area contributed by atoms with Gasteiger partial charge in [0.25, 0.3) is 5.69 Å². The van der Waals surface area contributed by atoms with Crippen molar-refractivity contribution in [2.24, 2.45) is 16.6 Å². The number of primary amides is 1. The van der Waals surface area contributed by atoms with Gasteiger partial charge in [0.2, 0.25) is 5.91 Å². The van der Waals surface area contributed by atoms with E-state index in [0.717, 1.165) is 13.1 Å². The first kappa shape index (κ1) is 22.6. The number of nitro groups is 1. The zero-order chi connectivity index (χ0) is 22.5. The summed E-state index contributed by atoms with van der Waals surface area (Å²) >= 11 is 0. The molecule has 1 aromatic carbocycles. The molecule has 2 atom stereocenters. The van der Waals surface area contributed by atoms with Gasteiger partial charge in [0, 0.05) is 48.6 Å². The Hall–Kier alpha value is -3.11. The third kappa shape index (κ3) is 4.97. The lowest BCUT2D eigenvalue weighted by Crippen LogP contribution is -2.40. The molecule has 10 heteroatoms. The van der Waals surface area contributed by atoms with E-state index < -0.39 is 28.6 Å². The molecule has 0 bridgehead atoms. The Kier molecular flexibility index (Phi) is 7.13. The van der Waals surface area contributed by atoms with Crippen LogP contribution in [0.3, 0.4) is 0 Å². The van der Waals surface area contributed by atoms with Crippen LogP contribution in [0.1, 0.15) is 25.3 Å². The molecule has 2 aliphatic rings. The highest BCUT2D eigenvalue weighted by Gasteiger charge is 2.43. The minimum absolute atomic E-state index is 0.116. The second-order valence-electron chi connectivity index (χ2n) is 7.52. The van der Waals surface area contributed by atoms with Crippen LogP contribution in [-0.4, -0.2) is 66.9 Å². The summed E-state index contributed by atoms with van der Waals surface area (Å²) in [6.07, 6.45) is 0. The molecular formula is C21H26N4O6. The van der Waals surface area contributed by atoms with Gasteiger partial charge in [0.15, 0.2) is 0 Å². The summed E-state index contributed by atoms with van der Waals surface area (Å²) in [7, 11) is 0. The van der Waals surface area contributed by atoms with Crippen LogP contribution < -0.4 is 5.73 Å². The minimum Gasteiger partial charge on any atom is -0.461 e. The molecule has 166 valence electrons. The molecule has 1 saturated heterocycles. The number of benzene rings is 1. The van der Waals surface area contributed by atoms with Crippen molar-refractivity contribution in [3.63, 3.8) is 0 Å². The molecule has 0 aromatic heterocycles. The summed E-state index contributed by atoms with van der Waals surface area (Å²) in [5, 5.41) is 11.6. The van der Waals surface area contributed by atoms with Crippen LogP contribution in [0.4, 0.5) is 5.69 Å². The van der Waals surface area contributed by atoms with Gasteiger partial charge in [-0.15, -0.1) is 0 Å². The van der Waals surface area contributed by atoms with E-state index in [1.54, 1.807) is 19.9 Å². The lowest BCUT2D eigenvalue weighted by Gasteiger charge is -2.31. The molecule has 0 saturated carbocycles. The van der Waals surface area contributed by atoms with E-state index in [-0.39, 0.29) is 23.4 Å². The predicted octanol–water partition coefficient (Wildman–Crippen LogP) is 1.40. The fraction of sp³-hybridized carbons (Fsp3) is 0.476. The van der Waals surface area contributed by atoms with Crippen molar-refractivity contribution in [3.05, 3.63) is 51.2 Å². The molecular weight excluding hydrogens is 404 g/mol. The Labute approximate surface area is 179 Å². The second-order valence-corrected chi connectivity index (χ2v) is 7.52. The number of para-hydroxylation sites is 1. The Morgan fingerprint density at radius 1 is 1.29 bits per heavy atom. The van der Waals surface area contributed by atoms with E-state index in [1.165, 1.54) is 18.2 Å². The Balaban J connectivity index is 1.92. The molecule has 31 heavy (non-hydrogen) atoms. The number of hydrogen-bond donors (Lipinski definition) is 1. The van der Waals surface area contributed by atoms with E-state index in [0.29, 0.717) is 31.2 Å². The number of hydrogen-bond acceptors (Lipinski definition) is 8. The van der Waals surface area contributed by atoms with Gasteiger partial charge < -0.3 is 15.2 Å². The molecule has 3 rings (SSSR count). The third-order valence-corrected chi connectivity index (χ3v) is 5.57. The maximum absolute atomic E-state index is 13.1. The first-order valence-corrected chi connectivity index (χ1v) is 10.1. The number of nitro benzene ring substituents is 1. The highest BCUT2D eigenvalue weighted by Crippen LogP contribution is 2.42. The van der Waals surface area contributed by atoms with Crippen LogP contribution in [0, 0.1) is 16.0 Å². The number of rotatable bonds is 7. The number of esters is 1. The number of aliphatic imine (C=N–C) groups is 1. The number of nitrogens with two attached hydrogens (primary N) is 1. The van der Waals surface area contributed by atoms with E-state index in [4.69, 9.17) is 15.2 Å². The number of carbonyl (C=O) groups is 2. The number of morpholine rings is 1. The highest BCUT2D eigenvalue weighted by atomic mass is 16.6. The van der Waals surface area contributed by atoms with Crippen LogP contribution >= 0.6 is 0 Å². The fourth-order valence-electron chi connectivity index (χ4n) is 4.09. The Morgan fingerprint density at radius 2 is 1.97 bits per heavy atom. The number of amides is 1. The molecule has 1 amide bonds. The van der Waals surface area contributed by atoms with Crippen molar-refractivity contribution in [1.82, 2.24) is 4.90 Å². The van der Waals surface area contributed by atoms with E-state index >= 15 is 0 Å². The zero-order valence-corrected chi connectivity index (χ0v) is 17.6. The summed E-state index contributed by atoms with van der Waals surface area (Å²) in [5.41, 5.74) is 6.54. The smallest absolute Gasteiger partial charge is 0.336 e. The third-order valence-electron chi connectivity index (χ3n) is 5.57. The number of carbonyl (C=O) groups excluding carboxylic acids is 2. The molecule has 0 spiro atoms. The lowest BCUT2D eigenvalue weighted by molar-refractivity contribution is -0.385. The number of allylic oxidation sites excluding steroid dienone is 1. The van der Waals surface area contributed by atoms with Gasteiger partial charge in [-0.3, -0.25) is 24.8 Å². The number of ether oxygens (including phenoxy) is 2. The van der Waals surface area contributed by atoms with Crippen LogP contribution in [-0.2, 0) is 19.1 Å². The Bertz CT molecular complexity index is 936. The van der Waals surface area contributed by atoms with Gasteiger partial charge in [0.1, 0.15) is 6.61 Å². The second kappa shape index (κ2) is 9.80. The predicted molar refractivity (Wildman–Crippen MR) is 113 cm³/mol. The quantitative estimate of drug-likeness (QED) is 0.392. The molecule has 1 aromatic rings. The van der Waals surface area contributed by atoms with Crippen molar-refractivity contribution < 1.29 is 24.0 Å². The van der Waals surface area contributed by atoms with Crippen molar-refractivity contribution in [2.45, 2.75) is 19.8 Å². The summed E-state index contributed by atoms with van der Waals surface area (Å²) in [5.74, 6) is -3.31. The van der Waals surface area contributed by atoms with Crippen LogP contribution in [0.2, 0.25) is 0 Å². The molecule has 2 N–H and O–H groups in total. The first-order chi connectivity index (χ1) is 14.8. The summed E-state index contributed by atoms with van der Waals surface area (Å²) in [4.78, 5) is 42.9. The summed E-state index contributed by atoms with van der Waals surface area (Å²) in [6, 6.07) is 6.02. The zero-order valence-electron chi connectivity index (χ0n) is 17.6. The number of nitrogens with zero attached hydrogens (tertiary/aromatic N) is 3. The standard InChI is InChI=1S/C21H26N4O6/c1-13-17(20(22)26)19(15-5-3-4-6-16(15)25(28)29)18(14(2)23-13)21(27)31-12-9-24-7-10-30-11-8-24/h3-6,17,19H,7-12H2,1-2H3,(H2,22,26). The lowest BCUT2D eigenvalue weighted by atomic mass is 9.75. The topological polar surface area (TPSA) is 137 Å². The highest BCUT2D eigenvalue weighted by molar-refractivity contribution is 6.08. The van der Waals surface area contributed by atoms with Gasteiger partial charge in [0.05, 0.1) is 29.6 Å². The minimum atomic E-state index is -0.994. The van der Waals surface area contributed by atoms with Gasteiger partial charge in [-0.05, 0) is 13.8 Å². The van der Waals surface area contributed by atoms with Crippen molar-refractivity contribution in [2.75, 3.05) is 39.5 Å². The molecule has 1 fully saturated rings. The summed E-state index contributed by atoms with van der Waals surface area (Å²) in [6.45, 7) is 6.71. The average Bonchev–Trinajstić information content (AvgIpc) is 2.73. The van der Waals surface area contributed by atoms with Crippen LogP contribution in [0.15, 0.2) is 40.5 Å². The van der Waals surface area contributed by atoms with Gasteiger partial charge in [-0.1, -0.05) is 18.2 Å². The largest absolute Gasteiger partial charge is 0.461 e. The summed E-state index contributed by atoms with van der Waals surface area (Å²) < 4.78 is 10.8. The van der Waals surface area contributed by atoms with Crippen LogP contribution in [0.5, 0.6) is 0 Å². The Morgan fingerprint density at radius 3 is 2.61 bits per heavy atom. The SMILES string of the molecule is CC1=NC(C)=C(C(=O)OCCN2CCOCC2)C(c2ccccc2[N+](=O)[O-])C1C(N)=O. The molecule has 10 nitrogen and oxygen atoms in total. The van der Waals surface area contributed by atoms with E-state index in [2.05, 4.69) is 9.89 Å². The van der Waals surface area contributed by atoms with E-state index in [1.807, 2.05) is 0 Å². The van der Waals surface area contributed by atoms with Gasteiger partial charge >= 0.3 is 5.97 Å².